The van der Waals surface area contributed by atoms with E-state index < -0.39 is 20.7 Å². The number of likely N-dealkylation sites (tertiary alicyclic amines) is 1. The first-order valence-corrected chi connectivity index (χ1v) is 10.3. The Balaban J connectivity index is 1.78. The molecule has 7 nitrogen and oxygen atoms in total. The minimum absolute atomic E-state index is 0.0326. The van der Waals surface area contributed by atoms with Crippen molar-refractivity contribution in [1.29, 1.82) is 0 Å². The number of benzene rings is 1. The summed E-state index contributed by atoms with van der Waals surface area (Å²) >= 11 is 0. The van der Waals surface area contributed by atoms with Gasteiger partial charge in [-0.1, -0.05) is 6.08 Å². The van der Waals surface area contributed by atoms with Crippen molar-refractivity contribution in [1.82, 2.24) is 9.62 Å². The molecule has 1 aromatic rings. The fourth-order valence-corrected chi connectivity index (χ4v) is 4.44. The molecule has 0 aliphatic carbocycles. The van der Waals surface area contributed by atoms with Crippen LogP contribution in [0.5, 0.6) is 0 Å². The van der Waals surface area contributed by atoms with Gasteiger partial charge in [0, 0.05) is 31.1 Å². The minimum atomic E-state index is -4.07. The highest BCUT2D eigenvalue weighted by molar-refractivity contribution is 7.89. The van der Waals surface area contributed by atoms with E-state index in [9.17, 15) is 17.6 Å². The van der Waals surface area contributed by atoms with Gasteiger partial charge in [0.25, 0.3) is 5.91 Å². The third kappa shape index (κ3) is 4.55. The topological polar surface area (TPSA) is 84.9 Å². The lowest BCUT2D eigenvalue weighted by Gasteiger charge is -2.34. The van der Waals surface area contributed by atoms with Gasteiger partial charge in [0.2, 0.25) is 10.0 Å². The summed E-state index contributed by atoms with van der Waals surface area (Å²) in [6.45, 7) is 5.50. The van der Waals surface area contributed by atoms with Crippen molar-refractivity contribution in [2.75, 3.05) is 32.8 Å². The average molecular weight is 398 g/mol. The Morgan fingerprint density at radius 2 is 2.11 bits per heavy atom. The smallest absolute Gasteiger partial charge is 0.253 e. The highest BCUT2D eigenvalue weighted by Crippen LogP contribution is 2.26. The lowest BCUT2D eigenvalue weighted by Crippen LogP contribution is -2.43. The number of ether oxygens (including phenoxy) is 2. The van der Waals surface area contributed by atoms with Crippen molar-refractivity contribution in [2.24, 2.45) is 5.92 Å². The number of sulfonamides is 1. The molecule has 9 heteroatoms. The molecule has 1 amide bonds. The Morgan fingerprint density at radius 3 is 2.81 bits per heavy atom. The molecule has 0 bridgehead atoms. The van der Waals surface area contributed by atoms with E-state index in [-0.39, 0.29) is 30.2 Å². The normalized spacial score (nSPS) is 21.4. The van der Waals surface area contributed by atoms with Crippen LogP contribution in [0, 0.1) is 11.7 Å². The minimum Gasteiger partial charge on any atom is -0.350 e. The van der Waals surface area contributed by atoms with E-state index in [1.54, 1.807) is 4.90 Å². The second-order valence-corrected chi connectivity index (χ2v) is 8.28. The van der Waals surface area contributed by atoms with Crippen LogP contribution in [0.25, 0.3) is 0 Å². The van der Waals surface area contributed by atoms with Crippen LogP contribution >= 0.6 is 0 Å². The Hall–Kier alpha value is -1.81. The van der Waals surface area contributed by atoms with Gasteiger partial charge in [-0.2, -0.15) is 0 Å². The van der Waals surface area contributed by atoms with Gasteiger partial charge in [-0.3, -0.25) is 4.79 Å². The molecule has 2 heterocycles. The molecule has 1 unspecified atom stereocenters. The molecule has 1 aromatic carbocycles. The van der Waals surface area contributed by atoms with Crippen LogP contribution in [0.4, 0.5) is 4.39 Å². The van der Waals surface area contributed by atoms with E-state index in [2.05, 4.69) is 11.3 Å². The molecule has 1 N–H and O–H groups in total. The fourth-order valence-electron chi connectivity index (χ4n) is 3.34. The van der Waals surface area contributed by atoms with Crippen LogP contribution < -0.4 is 4.72 Å². The van der Waals surface area contributed by atoms with Gasteiger partial charge in [0.15, 0.2) is 6.29 Å². The number of halogens is 1. The van der Waals surface area contributed by atoms with E-state index in [0.717, 1.165) is 25.0 Å². The number of carbonyl (C=O) groups excluding carboxylic acids is 1. The average Bonchev–Trinajstić information content (AvgIpc) is 3.21. The Bertz CT molecular complexity index is 808. The standard InChI is InChI=1S/C18H23FN2O5S/c1-2-7-20-27(23,24)16-11-13(5-6-15(16)19)17(22)21-8-3-4-14(12-21)18-25-9-10-26-18/h2,5-6,11,14,18,20H,1,3-4,7-10,12H2. The monoisotopic (exact) mass is 398 g/mol. The van der Waals surface area contributed by atoms with Crippen molar-refractivity contribution in [3.8, 4) is 0 Å². The van der Waals surface area contributed by atoms with Crippen molar-refractivity contribution < 1.29 is 27.1 Å². The van der Waals surface area contributed by atoms with E-state index in [4.69, 9.17) is 9.47 Å². The van der Waals surface area contributed by atoms with Gasteiger partial charge in [-0.05, 0) is 31.0 Å². The zero-order chi connectivity index (χ0) is 19.4. The second-order valence-electron chi connectivity index (χ2n) is 6.55. The van der Waals surface area contributed by atoms with Crippen LogP contribution in [-0.2, 0) is 19.5 Å². The van der Waals surface area contributed by atoms with Crippen molar-refractivity contribution in [3.63, 3.8) is 0 Å². The Morgan fingerprint density at radius 1 is 1.37 bits per heavy atom. The largest absolute Gasteiger partial charge is 0.350 e. The zero-order valence-electron chi connectivity index (χ0n) is 14.9. The van der Waals surface area contributed by atoms with Crippen molar-refractivity contribution >= 4 is 15.9 Å². The number of piperidine rings is 1. The highest BCUT2D eigenvalue weighted by atomic mass is 32.2. The van der Waals surface area contributed by atoms with Crippen LogP contribution in [0.3, 0.4) is 0 Å². The third-order valence-corrected chi connectivity index (χ3v) is 6.10. The van der Waals surface area contributed by atoms with Crippen LogP contribution in [0.1, 0.15) is 23.2 Å². The van der Waals surface area contributed by atoms with Crippen LogP contribution in [0.2, 0.25) is 0 Å². The summed E-state index contributed by atoms with van der Waals surface area (Å²) in [6, 6.07) is 3.38. The summed E-state index contributed by atoms with van der Waals surface area (Å²) < 4.78 is 51.8. The zero-order valence-corrected chi connectivity index (χ0v) is 15.7. The molecule has 27 heavy (non-hydrogen) atoms. The predicted molar refractivity (Wildman–Crippen MR) is 96.1 cm³/mol. The summed E-state index contributed by atoms with van der Waals surface area (Å²) in [5.41, 5.74) is 0.129. The molecule has 2 fully saturated rings. The number of nitrogens with zero attached hydrogens (tertiary/aromatic N) is 1. The quantitative estimate of drug-likeness (QED) is 0.735. The SMILES string of the molecule is C=CCNS(=O)(=O)c1cc(C(=O)N2CCCC(C3OCCO3)C2)ccc1F. The molecule has 2 aliphatic heterocycles. The van der Waals surface area contributed by atoms with Crippen molar-refractivity contribution in [3.05, 3.63) is 42.2 Å². The lowest BCUT2D eigenvalue weighted by atomic mass is 9.96. The summed E-state index contributed by atoms with van der Waals surface area (Å²) in [4.78, 5) is 13.9. The molecular formula is C18H23FN2O5S. The summed E-state index contributed by atoms with van der Waals surface area (Å²) in [5.74, 6) is -1.17. The fraction of sp³-hybridized carbons (Fsp3) is 0.500. The molecular weight excluding hydrogens is 375 g/mol. The van der Waals surface area contributed by atoms with Gasteiger partial charge in [0.1, 0.15) is 10.7 Å². The second kappa shape index (κ2) is 8.47. The van der Waals surface area contributed by atoms with E-state index in [1.165, 1.54) is 12.1 Å². The Labute approximate surface area is 158 Å². The number of hydrogen-bond donors (Lipinski definition) is 1. The predicted octanol–water partition coefficient (Wildman–Crippen LogP) is 1.52. The number of carbonyl (C=O) groups is 1. The maximum absolute atomic E-state index is 14.1. The van der Waals surface area contributed by atoms with Gasteiger partial charge in [-0.15, -0.1) is 6.58 Å². The number of nitrogens with one attached hydrogen (secondary N) is 1. The Kier molecular flexibility index (Phi) is 6.25. The van der Waals surface area contributed by atoms with Crippen LogP contribution in [0.15, 0.2) is 35.7 Å². The number of amides is 1. The maximum atomic E-state index is 14.1. The van der Waals surface area contributed by atoms with Gasteiger partial charge in [-0.25, -0.2) is 17.5 Å². The molecule has 2 aliphatic rings. The third-order valence-electron chi connectivity index (χ3n) is 4.66. The van der Waals surface area contributed by atoms with Crippen molar-refractivity contribution in [2.45, 2.75) is 24.0 Å². The summed E-state index contributed by atoms with van der Waals surface area (Å²) in [7, 11) is -4.07. The van der Waals surface area contributed by atoms with Gasteiger partial charge < -0.3 is 14.4 Å². The molecule has 2 saturated heterocycles. The molecule has 1 atom stereocenters. The molecule has 0 radical (unpaired) electrons. The number of rotatable bonds is 6. The van der Waals surface area contributed by atoms with Gasteiger partial charge in [0.05, 0.1) is 13.2 Å². The maximum Gasteiger partial charge on any atom is 0.253 e. The van der Waals surface area contributed by atoms with E-state index >= 15 is 0 Å². The van der Waals surface area contributed by atoms with Crippen LogP contribution in [-0.4, -0.2) is 58.4 Å². The summed E-state index contributed by atoms with van der Waals surface area (Å²) in [5, 5.41) is 0. The molecule has 148 valence electrons. The highest BCUT2D eigenvalue weighted by Gasteiger charge is 2.33. The summed E-state index contributed by atoms with van der Waals surface area (Å²) in [6.07, 6.45) is 2.73. The first-order valence-electron chi connectivity index (χ1n) is 8.85. The lowest BCUT2D eigenvalue weighted by molar-refractivity contribution is -0.0969. The number of hydrogen-bond acceptors (Lipinski definition) is 5. The molecule has 0 aromatic heterocycles. The molecule has 0 saturated carbocycles. The van der Waals surface area contributed by atoms with Gasteiger partial charge >= 0.3 is 0 Å². The van der Waals surface area contributed by atoms with E-state index in [1.807, 2.05) is 0 Å². The molecule has 0 spiro atoms. The molecule has 3 rings (SSSR count). The first kappa shape index (κ1) is 19.9. The van der Waals surface area contributed by atoms with E-state index in [0.29, 0.717) is 26.3 Å². The first-order chi connectivity index (χ1) is 12.9.